The maximum Gasteiger partial charge on any atom is 0.339 e. The first-order chi connectivity index (χ1) is 15.7. The fraction of sp³-hybridized carbons (Fsp3) is 0.0435. The third kappa shape index (κ3) is 5.78. The summed E-state index contributed by atoms with van der Waals surface area (Å²) in [6.45, 7) is 0.182. The lowest BCUT2D eigenvalue weighted by Gasteiger charge is -2.12. The van der Waals surface area contributed by atoms with Gasteiger partial charge in [-0.25, -0.2) is 0 Å². The van der Waals surface area contributed by atoms with E-state index in [2.05, 4.69) is 22.6 Å². The first kappa shape index (κ1) is 23.8. The standard InChI is InChI=1S/C23H15ClINO5S2/c24-17-6-10-20(11-7-17)33(29,30)31-19-3-1-2-16(12-19)13-21-22(27)26(23(28)32-21)14-15-4-8-18(25)9-5-15/h1-13H,14H2/b21-13-. The van der Waals surface area contributed by atoms with Crippen LogP contribution < -0.4 is 4.18 Å². The Labute approximate surface area is 213 Å². The van der Waals surface area contributed by atoms with Gasteiger partial charge in [-0.1, -0.05) is 35.9 Å². The molecule has 6 nitrogen and oxygen atoms in total. The summed E-state index contributed by atoms with van der Waals surface area (Å²) in [5.41, 5.74) is 1.38. The van der Waals surface area contributed by atoms with Crippen molar-refractivity contribution in [3.05, 3.63) is 97.4 Å². The Balaban J connectivity index is 1.52. The molecule has 2 amide bonds. The molecule has 1 aliphatic heterocycles. The molecule has 0 N–H and O–H groups in total. The minimum atomic E-state index is -4.05. The van der Waals surface area contributed by atoms with Crippen LogP contribution >= 0.6 is 46.0 Å². The van der Waals surface area contributed by atoms with Crippen LogP contribution in [0, 0.1) is 3.57 Å². The second-order valence-corrected chi connectivity index (χ2v) is 11.2. The van der Waals surface area contributed by atoms with E-state index in [1.54, 1.807) is 18.2 Å². The lowest BCUT2D eigenvalue weighted by atomic mass is 10.2. The Kier molecular flexibility index (Phi) is 7.13. The van der Waals surface area contributed by atoms with Crippen molar-refractivity contribution in [2.45, 2.75) is 11.4 Å². The van der Waals surface area contributed by atoms with Gasteiger partial charge in [-0.2, -0.15) is 8.42 Å². The van der Waals surface area contributed by atoms with Crippen molar-refractivity contribution in [3.63, 3.8) is 0 Å². The summed E-state index contributed by atoms with van der Waals surface area (Å²) in [4.78, 5) is 26.6. The van der Waals surface area contributed by atoms with Crippen LogP contribution in [0.4, 0.5) is 4.79 Å². The number of halogens is 2. The molecule has 0 radical (unpaired) electrons. The second kappa shape index (κ2) is 9.88. The zero-order valence-electron chi connectivity index (χ0n) is 16.8. The highest BCUT2D eigenvalue weighted by Gasteiger charge is 2.35. The van der Waals surface area contributed by atoms with Gasteiger partial charge in [0.05, 0.1) is 11.4 Å². The highest BCUT2D eigenvalue weighted by atomic mass is 127. The zero-order chi connectivity index (χ0) is 23.6. The average Bonchev–Trinajstić information content (AvgIpc) is 3.03. The van der Waals surface area contributed by atoms with Gasteiger partial charge >= 0.3 is 10.1 Å². The maximum absolute atomic E-state index is 12.8. The first-order valence-corrected chi connectivity index (χ1v) is 13.2. The van der Waals surface area contributed by atoms with Gasteiger partial charge in [-0.05, 0) is 100 Å². The van der Waals surface area contributed by atoms with Gasteiger partial charge in [-0.3, -0.25) is 14.5 Å². The van der Waals surface area contributed by atoms with Gasteiger partial charge in [-0.15, -0.1) is 0 Å². The van der Waals surface area contributed by atoms with Crippen molar-refractivity contribution in [1.82, 2.24) is 4.90 Å². The summed E-state index contributed by atoms with van der Waals surface area (Å²) >= 11 is 8.84. The van der Waals surface area contributed by atoms with Gasteiger partial charge in [0.25, 0.3) is 11.1 Å². The first-order valence-electron chi connectivity index (χ1n) is 9.51. The molecule has 1 heterocycles. The average molecular weight is 612 g/mol. The van der Waals surface area contributed by atoms with Gasteiger partial charge in [0, 0.05) is 8.59 Å². The summed E-state index contributed by atoms with van der Waals surface area (Å²) in [5.74, 6) is -0.319. The molecule has 0 aromatic heterocycles. The lowest BCUT2D eigenvalue weighted by Crippen LogP contribution is -2.27. The molecule has 3 aromatic rings. The van der Waals surface area contributed by atoms with Crippen molar-refractivity contribution in [1.29, 1.82) is 0 Å². The van der Waals surface area contributed by atoms with Crippen LogP contribution in [-0.2, 0) is 21.5 Å². The number of amides is 2. The van der Waals surface area contributed by atoms with E-state index in [9.17, 15) is 18.0 Å². The Morgan fingerprint density at radius 2 is 1.70 bits per heavy atom. The highest BCUT2D eigenvalue weighted by Crippen LogP contribution is 2.34. The minimum absolute atomic E-state index is 0.0333. The predicted molar refractivity (Wildman–Crippen MR) is 136 cm³/mol. The molecule has 1 aliphatic rings. The van der Waals surface area contributed by atoms with Crippen LogP contribution in [0.3, 0.4) is 0 Å². The van der Waals surface area contributed by atoms with Crippen molar-refractivity contribution in [2.24, 2.45) is 0 Å². The smallest absolute Gasteiger partial charge is 0.339 e. The van der Waals surface area contributed by atoms with Gasteiger partial charge in [0.15, 0.2) is 0 Å². The number of benzene rings is 3. The Morgan fingerprint density at radius 3 is 2.39 bits per heavy atom. The number of carbonyl (C=O) groups excluding carboxylic acids is 2. The third-order valence-electron chi connectivity index (χ3n) is 4.59. The van der Waals surface area contributed by atoms with E-state index in [0.717, 1.165) is 20.9 Å². The molecule has 4 rings (SSSR count). The fourth-order valence-corrected chi connectivity index (χ4v) is 5.24. The van der Waals surface area contributed by atoms with Crippen LogP contribution in [0.1, 0.15) is 11.1 Å². The number of hydrogen-bond donors (Lipinski definition) is 0. The fourth-order valence-electron chi connectivity index (χ4n) is 2.99. The minimum Gasteiger partial charge on any atom is -0.379 e. The van der Waals surface area contributed by atoms with Crippen molar-refractivity contribution in [2.75, 3.05) is 0 Å². The number of thioether (sulfide) groups is 1. The Morgan fingerprint density at radius 1 is 1.00 bits per heavy atom. The maximum atomic E-state index is 12.8. The number of rotatable bonds is 6. The molecule has 0 unspecified atom stereocenters. The van der Waals surface area contributed by atoms with E-state index in [1.807, 2.05) is 24.3 Å². The Hall–Kier alpha value is -2.34. The third-order valence-corrected chi connectivity index (χ3v) is 7.73. The molecule has 1 fully saturated rings. The summed E-state index contributed by atoms with van der Waals surface area (Å²) in [5, 5.41) is 0.0504. The van der Waals surface area contributed by atoms with Gasteiger partial charge in [0.1, 0.15) is 10.6 Å². The summed E-state index contributed by atoms with van der Waals surface area (Å²) in [6.07, 6.45) is 1.54. The van der Waals surface area contributed by atoms with Crippen molar-refractivity contribution < 1.29 is 22.2 Å². The summed E-state index contributed by atoms with van der Waals surface area (Å²) in [6, 6.07) is 19.5. The van der Waals surface area contributed by atoms with Crippen LogP contribution in [0.2, 0.25) is 5.02 Å². The highest BCUT2D eigenvalue weighted by molar-refractivity contribution is 14.1. The molecule has 0 saturated carbocycles. The Bertz CT molecular complexity index is 1360. The second-order valence-electron chi connectivity index (χ2n) is 6.96. The van der Waals surface area contributed by atoms with Crippen LogP contribution in [0.25, 0.3) is 6.08 Å². The lowest BCUT2D eigenvalue weighted by molar-refractivity contribution is -0.123. The predicted octanol–water partition coefficient (Wildman–Crippen LogP) is 5.95. The number of nitrogens with zero attached hydrogens (tertiary/aromatic N) is 1. The molecule has 33 heavy (non-hydrogen) atoms. The topological polar surface area (TPSA) is 80.8 Å². The SMILES string of the molecule is O=C1S/C(=C\c2cccc(OS(=O)(=O)c3ccc(Cl)cc3)c2)C(=O)N1Cc1ccc(I)cc1. The number of carbonyl (C=O) groups is 2. The largest absolute Gasteiger partial charge is 0.379 e. The normalized spacial score (nSPS) is 15.3. The molecule has 168 valence electrons. The van der Waals surface area contributed by atoms with Crippen LogP contribution in [0.15, 0.2) is 82.6 Å². The van der Waals surface area contributed by atoms with E-state index in [1.165, 1.54) is 41.3 Å². The summed E-state index contributed by atoms with van der Waals surface area (Å²) in [7, 11) is -4.05. The zero-order valence-corrected chi connectivity index (χ0v) is 21.3. The van der Waals surface area contributed by atoms with E-state index in [-0.39, 0.29) is 27.3 Å². The van der Waals surface area contributed by atoms with Crippen LogP contribution in [-0.4, -0.2) is 24.5 Å². The number of hydrogen-bond acceptors (Lipinski definition) is 6. The van der Waals surface area contributed by atoms with Gasteiger partial charge in [0.2, 0.25) is 0 Å². The van der Waals surface area contributed by atoms with E-state index >= 15 is 0 Å². The molecule has 0 aliphatic carbocycles. The van der Waals surface area contributed by atoms with E-state index < -0.39 is 16.0 Å². The molecule has 3 aromatic carbocycles. The molecular formula is C23H15ClINO5S2. The van der Waals surface area contributed by atoms with E-state index in [4.69, 9.17) is 15.8 Å². The molecule has 1 saturated heterocycles. The molecule has 0 atom stereocenters. The quantitative estimate of drug-likeness (QED) is 0.195. The molecular weight excluding hydrogens is 597 g/mol. The van der Waals surface area contributed by atoms with E-state index in [0.29, 0.717) is 10.6 Å². The monoisotopic (exact) mass is 611 g/mol. The summed E-state index contributed by atoms with van der Waals surface area (Å²) < 4.78 is 31.3. The van der Waals surface area contributed by atoms with Crippen molar-refractivity contribution in [3.8, 4) is 5.75 Å². The van der Waals surface area contributed by atoms with Crippen molar-refractivity contribution >= 4 is 73.3 Å². The molecule has 10 heteroatoms. The van der Waals surface area contributed by atoms with Crippen LogP contribution in [0.5, 0.6) is 5.75 Å². The number of imide groups is 1. The molecule has 0 spiro atoms. The molecule has 0 bridgehead atoms. The van der Waals surface area contributed by atoms with Gasteiger partial charge < -0.3 is 4.18 Å².